The average molecular weight is 260 g/mol. The molecule has 2 heterocycles. The Labute approximate surface area is 110 Å². The van der Waals surface area contributed by atoms with Gasteiger partial charge in [0.25, 0.3) is 5.56 Å². The standard InChI is InChI=1S/C12H16N6O/c13-9-7-16-17(8-9)5-3-14-11-12(19)18(6-4-15-11)10-1-2-10/h4,6-8,10H,1-3,5,13H2,(H,14,15). The van der Waals surface area contributed by atoms with Crippen molar-refractivity contribution in [1.82, 2.24) is 19.3 Å². The highest BCUT2D eigenvalue weighted by atomic mass is 16.1. The molecule has 7 heteroatoms. The smallest absolute Gasteiger partial charge is 0.293 e. The van der Waals surface area contributed by atoms with Gasteiger partial charge < -0.3 is 15.6 Å². The third kappa shape index (κ3) is 2.59. The van der Waals surface area contributed by atoms with E-state index >= 15 is 0 Å². The number of hydrogen-bond acceptors (Lipinski definition) is 5. The molecule has 1 fully saturated rings. The van der Waals surface area contributed by atoms with Gasteiger partial charge >= 0.3 is 0 Å². The number of nitrogens with one attached hydrogen (secondary N) is 1. The monoisotopic (exact) mass is 260 g/mol. The maximum Gasteiger partial charge on any atom is 0.293 e. The number of anilines is 2. The van der Waals surface area contributed by atoms with Crippen LogP contribution in [-0.2, 0) is 6.54 Å². The van der Waals surface area contributed by atoms with Crippen molar-refractivity contribution in [2.45, 2.75) is 25.4 Å². The number of hydrogen-bond donors (Lipinski definition) is 2. The molecule has 19 heavy (non-hydrogen) atoms. The van der Waals surface area contributed by atoms with Crippen LogP contribution >= 0.6 is 0 Å². The molecular formula is C12H16N6O. The fraction of sp³-hybridized carbons (Fsp3) is 0.417. The maximum atomic E-state index is 12.1. The highest BCUT2D eigenvalue weighted by Crippen LogP contribution is 2.33. The van der Waals surface area contributed by atoms with Gasteiger partial charge in [0, 0.05) is 31.2 Å². The van der Waals surface area contributed by atoms with Crippen molar-refractivity contribution in [3.05, 3.63) is 35.1 Å². The molecule has 0 aliphatic heterocycles. The van der Waals surface area contributed by atoms with E-state index in [4.69, 9.17) is 5.73 Å². The quantitative estimate of drug-likeness (QED) is 0.815. The van der Waals surface area contributed by atoms with E-state index < -0.39 is 0 Å². The highest BCUT2D eigenvalue weighted by molar-refractivity contribution is 5.32. The molecule has 0 unspecified atom stereocenters. The van der Waals surface area contributed by atoms with Crippen molar-refractivity contribution in [2.24, 2.45) is 0 Å². The van der Waals surface area contributed by atoms with E-state index in [2.05, 4.69) is 15.4 Å². The summed E-state index contributed by atoms with van der Waals surface area (Å²) in [5, 5.41) is 7.12. The molecule has 3 rings (SSSR count). The van der Waals surface area contributed by atoms with E-state index in [1.165, 1.54) is 0 Å². The van der Waals surface area contributed by atoms with E-state index in [1.807, 2.05) is 0 Å². The lowest BCUT2D eigenvalue weighted by Gasteiger charge is -2.08. The molecule has 1 aliphatic carbocycles. The van der Waals surface area contributed by atoms with Crippen LogP contribution < -0.4 is 16.6 Å². The van der Waals surface area contributed by atoms with Crippen LogP contribution in [0, 0.1) is 0 Å². The van der Waals surface area contributed by atoms with E-state index in [9.17, 15) is 4.79 Å². The summed E-state index contributed by atoms with van der Waals surface area (Å²) in [5.74, 6) is 0.398. The Morgan fingerprint density at radius 1 is 1.47 bits per heavy atom. The highest BCUT2D eigenvalue weighted by Gasteiger charge is 2.25. The van der Waals surface area contributed by atoms with Crippen LogP contribution in [0.1, 0.15) is 18.9 Å². The molecule has 0 atom stereocenters. The lowest BCUT2D eigenvalue weighted by molar-refractivity contribution is 0.634. The van der Waals surface area contributed by atoms with Gasteiger partial charge in [0.15, 0.2) is 5.82 Å². The number of aromatic nitrogens is 4. The van der Waals surface area contributed by atoms with Gasteiger partial charge in [-0.05, 0) is 12.8 Å². The second-order valence-corrected chi connectivity index (χ2v) is 4.68. The Morgan fingerprint density at radius 3 is 3.00 bits per heavy atom. The van der Waals surface area contributed by atoms with Gasteiger partial charge in [-0.25, -0.2) is 4.98 Å². The molecule has 7 nitrogen and oxygen atoms in total. The zero-order valence-electron chi connectivity index (χ0n) is 10.5. The molecule has 100 valence electrons. The molecular weight excluding hydrogens is 244 g/mol. The van der Waals surface area contributed by atoms with Crippen molar-refractivity contribution >= 4 is 11.5 Å². The van der Waals surface area contributed by atoms with Gasteiger partial charge in [0.2, 0.25) is 0 Å². The first-order valence-corrected chi connectivity index (χ1v) is 6.33. The van der Waals surface area contributed by atoms with Gasteiger partial charge in [0.05, 0.1) is 18.4 Å². The van der Waals surface area contributed by atoms with Crippen molar-refractivity contribution in [3.63, 3.8) is 0 Å². The molecule has 0 amide bonds. The Bertz CT molecular complexity index is 627. The summed E-state index contributed by atoms with van der Waals surface area (Å²) >= 11 is 0. The first-order valence-electron chi connectivity index (χ1n) is 6.33. The Kier molecular flexibility index (Phi) is 2.94. The second-order valence-electron chi connectivity index (χ2n) is 4.68. The number of nitrogens with zero attached hydrogens (tertiary/aromatic N) is 4. The number of nitrogen functional groups attached to an aromatic ring is 1. The Hall–Kier alpha value is -2.31. The van der Waals surface area contributed by atoms with Crippen molar-refractivity contribution in [2.75, 3.05) is 17.6 Å². The SMILES string of the molecule is Nc1cnn(CCNc2nccn(C3CC3)c2=O)c1. The molecule has 0 spiro atoms. The normalized spacial score (nSPS) is 14.5. The summed E-state index contributed by atoms with van der Waals surface area (Å²) in [6.45, 7) is 1.22. The minimum atomic E-state index is -0.0509. The zero-order valence-corrected chi connectivity index (χ0v) is 10.5. The van der Waals surface area contributed by atoms with Gasteiger partial charge in [0.1, 0.15) is 0 Å². The molecule has 0 aromatic carbocycles. The van der Waals surface area contributed by atoms with Gasteiger partial charge in [-0.1, -0.05) is 0 Å². The maximum absolute atomic E-state index is 12.1. The minimum absolute atomic E-state index is 0.0509. The molecule has 3 N–H and O–H groups in total. The molecule has 2 aromatic heterocycles. The minimum Gasteiger partial charge on any atom is -0.396 e. The predicted octanol–water partition coefficient (Wildman–Crippen LogP) is 0.469. The molecule has 1 saturated carbocycles. The first-order chi connectivity index (χ1) is 9.24. The Balaban J connectivity index is 1.63. The third-order valence-electron chi connectivity index (χ3n) is 3.09. The van der Waals surface area contributed by atoms with Crippen LogP contribution in [0.5, 0.6) is 0 Å². The van der Waals surface area contributed by atoms with Crippen LogP contribution in [0.4, 0.5) is 11.5 Å². The van der Waals surface area contributed by atoms with E-state index in [0.717, 1.165) is 12.8 Å². The second kappa shape index (κ2) is 4.75. The summed E-state index contributed by atoms with van der Waals surface area (Å²) < 4.78 is 3.48. The molecule has 0 bridgehead atoms. The van der Waals surface area contributed by atoms with Crippen LogP contribution in [0.15, 0.2) is 29.6 Å². The Morgan fingerprint density at radius 2 is 2.32 bits per heavy atom. The topological polar surface area (TPSA) is 90.8 Å². The molecule has 1 aliphatic rings. The lowest BCUT2D eigenvalue weighted by Crippen LogP contribution is -2.25. The van der Waals surface area contributed by atoms with E-state index in [-0.39, 0.29) is 5.56 Å². The predicted molar refractivity (Wildman–Crippen MR) is 71.9 cm³/mol. The summed E-state index contributed by atoms with van der Waals surface area (Å²) in [6.07, 6.45) is 8.92. The van der Waals surface area contributed by atoms with E-state index in [0.29, 0.717) is 30.6 Å². The third-order valence-corrected chi connectivity index (χ3v) is 3.09. The lowest BCUT2D eigenvalue weighted by atomic mass is 10.5. The zero-order chi connectivity index (χ0) is 13.2. The van der Waals surface area contributed by atoms with Crippen molar-refractivity contribution in [3.8, 4) is 0 Å². The summed E-state index contributed by atoms with van der Waals surface area (Å²) in [4.78, 5) is 16.2. The van der Waals surface area contributed by atoms with Crippen molar-refractivity contribution in [1.29, 1.82) is 0 Å². The number of nitrogens with two attached hydrogens (primary N) is 1. The van der Waals surface area contributed by atoms with Crippen molar-refractivity contribution < 1.29 is 0 Å². The van der Waals surface area contributed by atoms with Crippen LogP contribution in [0.2, 0.25) is 0 Å². The van der Waals surface area contributed by atoms with E-state index in [1.54, 1.807) is 34.0 Å². The summed E-state index contributed by atoms with van der Waals surface area (Å²) in [7, 11) is 0. The van der Waals surface area contributed by atoms with Gasteiger partial charge in [-0.3, -0.25) is 9.48 Å². The largest absolute Gasteiger partial charge is 0.396 e. The number of rotatable bonds is 5. The van der Waals surface area contributed by atoms with Crippen LogP contribution in [0.3, 0.4) is 0 Å². The summed E-state index contributed by atoms with van der Waals surface area (Å²) in [5.41, 5.74) is 6.16. The molecule has 0 saturated heterocycles. The molecule has 2 aromatic rings. The van der Waals surface area contributed by atoms with Gasteiger partial charge in [-0.15, -0.1) is 0 Å². The average Bonchev–Trinajstić information content (AvgIpc) is 3.15. The molecule has 0 radical (unpaired) electrons. The van der Waals surface area contributed by atoms with Crippen LogP contribution in [0.25, 0.3) is 0 Å². The summed E-state index contributed by atoms with van der Waals surface area (Å²) in [6, 6.07) is 0.363. The fourth-order valence-corrected chi connectivity index (χ4v) is 1.98. The first kappa shape index (κ1) is 11.8. The fourth-order valence-electron chi connectivity index (χ4n) is 1.98. The van der Waals surface area contributed by atoms with Crippen LogP contribution in [-0.4, -0.2) is 25.9 Å². The van der Waals surface area contributed by atoms with Gasteiger partial charge in [-0.2, -0.15) is 5.10 Å².